The van der Waals surface area contributed by atoms with E-state index < -0.39 is 12.1 Å². The summed E-state index contributed by atoms with van der Waals surface area (Å²) in [5.41, 5.74) is 2.28. The molecule has 0 unspecified atom stereocenters. The number of anilines is 1. The minimum absolute atomic E-state index is 0.0223. The number of nitrogens with one attached hydrogen (secondary N) is 3. The molecule has 2 amide bonds. The van der Waals surface area contributed by atoms with E-state index in [0.717, 1.165) is 17.8 Å². The Kier molecular flexibility index (Phi) is 12.0. The molecule has 198 valence electrons. The topological polar surface area (TPSA) is 136 Å². The molecule has 0 fully saturated rings. The molecule has 0 aliphatic heterocycles. The van der Waals surface area contributed by atoms with E-state index >= 15 is 0 Å². The third kappa shape index (κ3) is 10.1. The molecule has 1 heterocycles. The highest BCUT2D eigenvalue weighted by Crippen LogP contribution is 2.11. The zero-order valence-corrected chi connectivity index (χ0v) is 21.7. The lowest BCUT2D eigenvalue weighted by atomic mass is 10.0. The number of hydrogen-bond acceptors (Lipinski definition) is 8. The number of ether oxygens (including phenoxy) is 2. The minimum Gasteiger partial charge on any atom is -0.461 e. The molecule has 0 aliphatic rings. The van der Waals surface area contributed by atoms with E-state index in [2.05, 4.69) is 26.3 Å². The van der Waals surface area contributed by atoms with Gasteiger partial charge in [0.2, 0.25) is 11.8 Å². The molecule has 0 radical (unpaired) electrons. The molecular weight excluding hydrogens is 464 g/mol. The van der Waals surface area contributed by atoms with Gasteiger partial charge in [0.05, 0.1) is 24.9 Å². The SMILES string of the molecule is CCn1cc(CCOCCN[C@H](C(=O)N[C@@H](C)C(=O)Nc2ccc(COC(C)=O)cc2)C(C)C)nn1. The molecule has 0 spiro atoms. The van der Waals surface area contributed by atoms with E-state index in [4.69, 9.17) is 9.47 Å². The fourth-order valence-corrected chi connectivity index (χ4v) is 3.29. The van der Waals surface area contributed by atoms with Gasteiger partial charge in [0, 0.05) is 38.3 Å². The summed E-state index contributed by atoms with van der Waals surface area (Å²) in [5, 5.41) is 16.8. The number of carbonyl (C=O) groups is 3. The highest BCUT2D eigenvalue weighted by Gasteiger charge is 2.25. The van der Waals surface area contributed by atoms with Crippen molar-refractivity contribution in [2.75, 3.05) is 25.1 Å². The largest absolute Gasteiger partial charge is 0.461 e. The van der Waals surface area contributed by atoms with Gasteiger partial charge in [-0.15, -0.1) is 5.10 Å². The standard InChI is InChI=1S/C25H38N6O5/c1-6-31-15-22(29-30-31)11-13-35-14-12-26-23(17(2)3)25(34)27-18(4)24(33)28-21-9-7-20(8-10-21)16-36-19(5)32/h7-10,15,17-18,23,26H,6,11-14,16H2,1-5H3,(H,27,34)(H,28,33)/t18-,23-/m0/s1. The number of benzene rings is 1. The lowest BCUT2D eigenvalue weighted by Gasteiger charge is -2.24. The first kappa shape index (κ1) is 28.9. The molecule has 36 heavy (non-hydrogen) atoms. The number of aromatic nitrogens is 3. The average molecular weight is 503 g/mol. The number of esters is 1. The summed E-state index contributed by atoms with van der Waals surface area (Å²) < 4.78 is 12.4. The maximum absolute atomic E-state index is 12.8. The second-order valence-corrected chi connectivity index (χ2v) is 8.80. The summed E-state index contributed by atoms with van der Waals surface area (Å²) in [6.07, 6.45) is 2.58. The average Bonchev–Trinajstić information content (AvgIpc) is 3.30. The highest BCUT2D eigenvalue weighted by molar-refractivity contribution is 5.97. The molecule has 0 saturated heterocycles. The molecule has 1 aromatic heterocycles. The Morgan fingerprint density at radius 2 is 1.78 bits per heavy atom. The number of amides is 2. The van der Waals surface area contributed by atoms with Gasteiger partial charge in [0.15, 0.2) is 0 Å². The van der Waals surface area contributed by atoms with Crippen LogP contribution >= 0.6 is 0 Å². The highest BCUT2D eigenvalue weighted by atomic mass is 16.5. The van der Waals surface area contributed by atoms with Crippen molar-refractivity contribution in [3.8, 4) is 0 Å². The summed E-state index contributed by atoms with van der Waals surface area (Å²) >= 11 is 0. The predicted molar refractivity (Wildman–Crippen MR) is 135 cm³/mol. The van der Waals surface area contributed by atoms with E-state index in [-0.39, 0.29) is 30.3 Å². The normalized spacial score (nSPS) is 12.7. The molecule has 2 atom stereocenters. The van der Waals surface area contributed by atoms with Gasteiger partial charge in [-0.25, -0.2) is 0 Å². The Balaban J connectivity index is 1.72. The van der Waals surface area contributed by atoms with E-state index in [1.165, 1.54) is 6.92 Å². The van der Waals surface area contributed by atoms with Crippen molar-refractivity contribution in [1.29, 1.82) is 0 Å². The minimum atomic E-state index is -0.728. The van der Waals surface area contributed by atoms with Gasteiger partial charge in [0.1, 0.15) is 12.6 Å². The number of aryl methyl sites for hydroxylation is 1. The van der Waals surface area contributed by atoms with E-state index in [1.807, 2.05) is 27.0 Å². The van der Waals surface area contributed by atoms with Crippen LogP contribution in [0.25, 0.3) is 0 Å². The number of carbonyl (C=O) groups excluding carboxylic acids is 3. The van der Waals surface area contributed by atoms with Crippen LogP contribution in [0.1, 0.15) is 45.9 Å². The molecule has 1 aromatic carbocycles. The Hall–Kier alpha value is -3.31. The van der Waals surface area contributed by atoms with Crippen molar-refractivity contribution in [3.63, 3.8) is 0 Å². The smallest absolute Gasteiger partial charge is 0.302 e. The summed E-state index contributed by atoms with van der Waals surface area (Å²) in [4.78, 5) is 36.3. The first-order valence-corrected chi connectivity index (χ1v) is 12.2. The fourth-order valence-electron chi connectivity index (χ4n) is 3.29. The molecule has 3 N–H and O–H groups in total. The second kappa shape index (κ2) is 14.9. The van der Waals surface area contributed by atoms with Gasteiger partial charge in [-0.1, -0.05) is 31.2 Å². The number of hydrogen-bond donors (Lipinski definition) is 3. The zero-order chi connectivity index (χ0) is 26.5. The van der Waals surface area contributed by atoms with Gasteiger partial charge >= 0.3 is 5.97 Å². The first-order valence-electron chi connectivity index (χ1n) is 12.2. The van der Waals surface area contributed by atoms with Crippen molar-refractivity contribution >= 4 is 23.5 Å². The van der Waals surface area contributed by atoms with Crippen LogP contribution in [0, 0.1) is 5.92 Å². The molecule has 11 heteroatoms. The fraction of sp³-hybridized carbons (Fsp3) is 0.560. The number of nitrogens with zero attached hydrogens (tertiary/aromatic N) is 3. The van der Waals surface area contributed by atoms with E-state index in [9.17, 15) is 14.4 Å². The summed E-state index contributed by atoms with van der Waals surface area (Å²) in [6.45, 7) is 11.3. The lowest BCUT2D eigenvalue weighted by molar-refractivity contribution is -0.142. The van der Waals surface area contributed by atoms with Crippen molar-refractivity contribution in [2.45, 2.75) is 66.3 Å². The summed E-state index contributed by atoms with van der Waals surface area (Å²) in [6, 6.07) is 5.77. The lowest BCUT2D eigenvalue weighted by Crippen LogP contribution is -2.52. The maximum atomic E-state index is 12.8. The van der Waals surface area contributed by atoms with E-state index in [0.29, 0.717) is 31.9 Å². The van der Waals surface area contributed by atoms with Crippen LogP contribution in [0.15, 0.2) is 30.5 Å². The van der Waals surface area contributed by atoms with Crippen LogP contribution in [-0.4, -0.2) is 64.6 Å². The zero-order valence-electron chi connectivity index (χ0n) is 21.7. The van der Waals surface area contributed by atoms with Gasteiger partial charge in [0.25, 0.3) is 0 Å². The third-order valence-electron chi connectivity index (χ3n) is 5.39. The van der Waals surface area contributed by atoms with Crippen molar-refractivity contribution in [3.05, 3.63) is 41.7 Å². The quantitative estimate of drug-likeness (QED) is 0.247. The Morgan fingerprint density at radius 3 is 2.39 bits per heavy atom. The molecule has 0 saturated carbocycles. The molecule has 0 bridgehead atoms. The van der Waals surface area contributed by atoms with Crippen molar-refractivity contribution in [1.82, 2.24) is 25.6 Å². The molecular formula is C25H38N6O5. The first-order chi connectivity index (χ1) is 17.2. The van der Waals surface area contributed by atoms with Gasteiger partial charge in [-0.05, 0) is 37.5 Å². The maximum Gasteiger partial charge on any atom is 0.302 e. The summed E-state index contributed by atoms with van der Waals surface area (Å²) in [5.74, 6) is -0.913. The molecule has 0 aliphatic carbocycles. The molecule has 2 aromatic rings. The Bertz CT molecular complexity index is 976. The molecule has 2 rings (SSSR count). The Labute approximate surface area is 212 Å². The van der Waals surface area contributed by atoms with Gasteiger partial charge < -0.3 is 25.4 Å². The number of rotatable bonds is 15. The van der Waals surface area contributed by atoms with Gasteiger partial charge in [-0.3, -0.25) is 19.1 Å². The van der Waals surface area contributed by atoms with Crippen LogP contribution in [-0.2, 0) is 43.4 Å². The van der Waals surface area contributed by atoms with Gasteiger partial charge in [-0.2, -0.15) is 0 Å². The van der Waals surface area contributed by atoms with Crippen molar-refractivity contribution < 1.29 is 23.9 Å². The van der Waals surface area contributed by atoms with Crippen LogP contribution in [0.2, 0.25) is 0 Å². The summed E-state index contributed by atoms with van der Waals surface area (Å²) in [7, 11) is 0. The Morgan fingerprint density at radius 1 is 1.06 bits per heavy atom. The van der Waals surface area contributed by atoms with Crippen LogP contribution in [0.3, 0.4) is 0 Å². The van der Waals surface area contributed by atoms with Crippen LogP contribution < -0.4 is 16.0 Å². The second-order valence-electron chi connectivity index (χ2n) is 8.80. The van der Waals surface area contributed by atoms with E-state index in [1.54, 1.807) is 35.9 Å². The third-order valence-corrected chi connectivity index (χ3v) is 5.39. The van der Waals surface area contributed by atoms with Crippen LogP contribution in [0.4, 0.5) is 5.69 Å². The predicted octanol–water partition coefficient (Wildman–Crippen LogP) is 1.68. The molecule has 11 nitrogen and oxygen atoms in total. The monoisotopic (exact) mass is 502 g/mol. The van der Waals surface area contributed by atoms with Crippen LogP contribution in [0.5, 0.6) is 0 Å². The van der Waals surface area contributed by atoms with Crippen molar-refractivity contribution in [2.24, 2.45) is 5.92 Å².